The van der Waals surface area contributed by atoms with Gasteiger partial charge in [-0.25, -0.2) is 0 Å². The fourth-order valence-electron chi connectivity index (χ4n) is 2.47. The predicted molar refractivity (Wildman–Crippen MR) is 79.4 cm³/mol. The monoisotopic (exact) mass is 291 g/mol. The summed E-state index contributed by atoms with van der Waals surface area (Å²) < 4.78 is 5.50. The van der Waals surface area contributed by atoms with Gasteiger partial charge >= 0.3 is 5.97 Å². The number of aliphatic carboxylic acids is 1. The Bertz CT molecular complexity index is 492. The van der Waals surface area contributed by atoms with Gasteiger partial charge in [-0.15, -0.1) is 0 Å². The highest BCUT2D eigenvalue weighted by atomic mass is 16.5. The molecule has 1 aromatic carbocycles. The summed E-state index contributed by atoms with van der Waals surface area (Å²) in [5.74, 6) is -1.18. The Balaban J connectivity index is 2.01. The number of ether oxygens (including phenoxy) is 1. The smallest absolute Gasteiger partial charge is 0.323 e. The van der Waals surface area contributed by atoms with Crippen LogP contribution in [0.3, 0.4) is 0 Å². The molecule has 1 fully saturated rings. The van der Waals surface area contributed by atoms with Crippen molar-refractivity contribution in [2.45, 2.75) is 38.7 Å². The molecule has 1 aliphatic rings. The Labute approximate surface area is 124 Å². The van der Waals surface area contributed by atoms with Crippen LogP contribution in [0, 0.1) is 6.92 Å². The fourth-order valence-corrected chi connectivity index (χ4v) is 2.47. The standard InChI is InChI=1S/C16H21NO4/c1-12-4-6-13(7-5-12)17(11-16(19)20)15(18)9-8-14-3-2-10-21-14/h4-7,14H,2-3,8-11H2,1H3,(H,19,20). The quantitative estimate of drug-likeness (QED) is 0.873. The van der Waals surface area contributed by atoms with Crippen LogP contribution in [0.2, 0.25) is 0 Å². The maximum absolute atomic E-state index is 12.3. The highest BCUT2D eigenvalue weighted by molar-refractivity contribution is 5.97. The first-order valence-electron chi connectivity index (χ1n) is 7.26. The summed E-state index contributed by atoms with van der Waals surface area (Å²) in [6, 6.07) is 7.31. The molecule has 0 bridgehead atoms. The van der Waals surface area contributed by atoms with Crippen LogP contribution in [0.5, 0.6) is 0 Å². The molecule has 5 heteroatoms. The molecule has 1 heterocycles. The van der Waals surface area contributed by atoms with Gasteiger partial charge in [0, 0.05) is 18.7 Å². The predicted octanol–water partition coefficient (Wildman–Crippen LogP) is 2.37. The Hall–Kier alpha value is -1.88. The summed E-state index contributed by atoms with van der Waals surface area (Å²) in [6.07, 6.45) is 3.12. The molecule has 1 unspecified atom stereocenters. The fraction of sp³-hybridized carbons (Fsp3) is 0.500. The van der Waals surface area contributed by atoms with Gasteiger partial charge in [0.05, 0.1) is 6.10 Å². The minimum Gasteiger partial charge on any atom is -0.480 e. The second-order valence-corrected chi connectivity index (χ2v) is 5.38. The summed E-state index contributed by atoms with van der Waals surface area (Å²) >= 11 is 0. The van der Waals surface area contributed by atoms with E-state index in [1.54, 1.807) is 12.1 Å². The van der Waals surface area contributed by atoms with Crippen molar-refractivity contribution >= 4 is 17.6 Å². The Kier molecular flexibility index (Phi) is 5.33. The van der Waals surface area contributed by atoms with Crippen molar-refractivity contribution in [3.8, 4) is 0 Å². The summed E-state index contributed by atoms with van der Waals surface area (Å²) in [7, 11) is 0. The normalized spacial score (nSPS) is 17.7. The van der Waals surface area contributed by atoms with E-state index < -0.39 is 5.97 Å². The zero-order chi connectivity index (χ0) is 15.2. The zero-order valence-electron chi connectivity index (χ0n) is 12.2. The van der Waals surface area contributed by atoms with E-state index in [4.69, 9.17) is 9.84 Å². The number of carbonyl (C=O) groups excluding carboxylic acids is 1. The third kappa shape index (κ3) is 4.56. The molecular formula is C16H21NO4. The van der Waals surface area contributed by atoms with Crippen molar-refractivity contribution in [3.05, 3.63) is 29.8 Å². The number of amides is 1. The first-order chi connectivity index (χ1) is 10.1. The molecule has 1 aliphatic heterocycles. The first kappa shape index (κ1) is 15.5. The van der Waals surface area contributed by atoms with Gasteiger partial charge in [0.25, 0.3) is 0 Å². The van der Waals surface area contributed by atoms with Crippen LogP contribution >= 0.6 is 0 Å². The number of carboxylic acids is 1. The van der Waals surface area contributed by atoms with Gasteiger partial charge < -0.3 is 14.7 Å². The molecule has 114 valence electrons. The lowest BCUT2D eigenvalue weighted by atomic mass is 10.1. The van der Waals surface area contributed by atoms with E-state index in [1.807, 2.05) is 19.1 Å². The highest BCUT2D eigenvalue weighted by Gasteiger charge is 2.22. The van der Waals surface area contributed by atoms with Crippen molar-refractivity contribution in [1.29, 1.82) is 0 Å². The van der Waals surface area contributed by atoms with Gasteiger partial charge in [-0.3, -0.25) is 9.59 Å². The van der Waals surface area contributed by atoms with Gasteiger partial charge in [0.15, 0.2) is 0 Å². The molecule has 0 radical (unpaired) electrons. The number of anilines is 1. The number of nitrogens with zero attached hydrogens (tertiary/aromatic N) is 1. The number of carboxylic acid groups (broad SMARTS) is 1. The van der Waals surface area contributed by atoms with Crippen LogP contribution < -0.4 is 4.90 Å². The maximum Gasteiger partial charge on any atom is 0.323 e. The number of carbonyl (C=O) groups is 2. The average molecular weight is 291 g/mol. The summed E-state index contributed by atoms with van der Waals surface area (Å²) in [5, 5.41) is 9.01. The molecule has 5 nitrogen and oxygen atoms in total. The van der Waals surface area contributed by atoms with Crippen molar-refractivity contribution in [2.75, 3.05) is 18.1 Å². The second-order valence-electron chi connectivity index (χ2n) is 5.38. The molecule has 1 N–H and O–H groups in total. The Morgan fingerprint density at radius 2 is 2.05 bits per heavy atom. The van der Waals surface area contributed by atoms with E-state index in [1.165, 1.54) is 4.90 Å². The molecule has 1 atom stereocenters. The third-order valence-corrected chi connectivity index (χ3v) is 3.64. The lowest BCUT2D eigenvalue weighted by Gasteiger charge is -2.21. The van der Waals surface area contributed by atoms with E-state index in [-0.39, 0.29) is 18.6 Å². The largest absolute Gasteiger partial charge is 0.480 e. The lowest BCUT2D eigenvalue weighted by molar-refractivity contribution is -0.136. The minimum atomic E-state index is -1.01. The van der Waals surface area contributed by atoms with Crippen molar-refractivity contribution < 1.29 is 19.4 Å². The van der Waals surface area contributed by atoms with E-state index in [0.717, 1.165) is 25.0 Å². The summed E-state index contributed by atoms with van der Waals surface area (Å²) in [4.78, 5) is 24.7. The number of hydrogen-bond acceptors (Lipinski definition) is 3. The van der Waals surface area contributed by atoms with Crippen molar-refractivity contribution in [3.63, 3.8) is 0 Å². The maximum atomic E-state index is 12.3. The number of rotatable bonds is 6. The molecule has 1 amide bonds. The lowest BCUT2D eigenvalue weighted by Crippen LogP contribution is -2.36. The molecule has 1 aromatic rings. The van der Waals surface area contributed by atoms with Crippen molar-refractivity contribution in [1.82, 2.24) is 0 Å². The van der Waals surface area contributed by atoms with Gasteiger partial charge in [-0.1, -0.05) is 17.7 Å². The Morgan fingerprint density at radius 1 is 1.33 bits per heavy atom. The number of aryl methyl sites for hydroxylation is 1. The second kappa shape index (κ2) is 7.22. The molecular weight excluding hydrogens is 270 g/mol. The van der Waals surface area contributed by atoms with Crippen LogP contribution in [0.15, 0.2) is 24.3 Å². The van der Waals surface area contributed by atoms with Crippen molar-refractivity contribution in [2.24, 2.45) is 0 Å². The molecule has 21 heavy (non-hydrogen) atoms. The molecule has 0 saturated carbocycles. The molecule has 0 spiro atoms. The van der Waals surface area contributed by atoms with Crippen LogP contribution in [0.4, 0.5) is 5.69 Å². The van der Waals surface area contributed by atoms with Crippen LogP contribution in [0.1, 0.15) is 31.2 Å². The topological polar surface area (TPSA) is 66.8 Å². The zero-order valence-corrected chi connectivity index (χ0v) is 12.2. The highest BCUT2D eigenvalue weighted by Crippen LogP contribution is 2.20. The number of hydrogen-bond donors (Lipinski definition) is 1. The minimum absolute atomic E-state index is 0.138. The number of benzene rings is 1. The van der Waals surface area contributed by atoms with Crippen LogP contribution in [-0.2, 0) is 14.3 Å². The van der Waals surface area contributed by atoms with Gasteiger partial charge in [-0.05, 0) is 38.3 Å². The van der Waals surface area contributed by atoms with Gasteiger partial charge in [0.2, 0.25) is 5.91 Å². The Morgan fingerprint density at radius 3 is 2.62 bits per heavy atom. The summed E-state index contributed by atoms with van der Waals surface area (Å²) in [5.41, 5.74) is 1.70. The van der Waals surface area contributed by atoms with Gasteiger partial charge in [-0.2, -0.15) is 0 Å². The van der Waals surface area contributed by atoms with E-state index in [0.29, 0.717) is 18.5 Å². The third-order valence-electron chi connectivity index (χ3n) is 3.64. The SMILES string of the molecule is Cc1ccc(N(CC(=O)O)C(=O)CCC2CCCO2)cc1. The molecule has 2 rings (SSSR count). The molecule has 0 aliphatic carbocycles. The molecule has 1 saturated heterocycles. The first-order valence-corrected chi connectivity index (χ1v) is 7.26. The summed E-state index contributed by atoms with van der Waals surface area (Å²) in [6.45, 7) is 2.40. The van der Waals surface area contributed by atoms with Crippen LogP contribution in [-0.4, -0.2) is 36.2 Å². The molecule has 0 aromatic heterocycles. The van der Waals surface area contributed by atoms with Crippen LogP contribution in [0.25, 0.3) is 0 Å². The van der Waals surface area contributed by atoms with E-state index >= 15 is 0 Å². The van der Waals surface area contributed by atoms with Gasteiger partial charge in [0.1, 0.15) is 6.54 Å². The van der Waals surface area contributed by atoms with E-state index in [9.17, 15) is 9.59 Å². The average Bonchev–Trinajstić information content (AvgIpc) is 2.96. The van der Waals surface area contributed by atoms with E-state index in [2.05, 4.69) is 0 Å².